The van der Waals surface area contributed by atoms with Gasteiger partial charge in [0.15, 0.2) is 0 Å². The largest absolute Gasteiger partial charge is 0.354 e. The Kier molecular flexibility index (Phi) is 6.77. The van der Waals surface area contributed by atoms with Gasteiger partial charge in [0.1, 0.15) is 5.82 Å². The summed E-state index contributed by atoms with van der Waals surface area (Å²) in [7, 11) is 0. The lowest BCUT2D eigenvalue weighted by Crippen LogP contribution is -2.44. The van der Waals surface area contributed by atoms with E-state index in [4.69, 9.17) is 17.3 Å². The normalized spacial score (nSPS) is 12.5. The zero-order valence-corrected chi connectivity index (χ0v) is 12.7. The van der Waals surface area contributed by atoms with Gasteiger partial charge in [0.25, 0.3) is 0 Å². The Balaban J connectivity index is 0.00000324. The third-order valence-electron chi connectivity index (χ3n) is 2.76. The van der Waals surface area contributed by atoms with Crippen LogP contribution in [0.4, 0.5) is 4.39 Å². The zero-order chi connectivity index (χ0) is 13.9. The summed E-state index contributed by atoms with van der Waals surface area (Å²) in [6.45, 7) is 5.50. The highest BCUT2D eigenvalue weighted by Crippen LogP contribution is 2.31. The van der Waals surface area contributed by atoms with Crippen molar-refractivity contribution in [3.63, 3.8) is 0 Å². The number of nitrogens with two attached hydrogens (primary N) is 1. The highest BCUT2D eigenvalue weighted by molar-refractivity contribution is 6.31. The summed E-state index contributed by atoms with van der Waals surface area (Å²) in [6.07, 6.45) is 0. The number of carbonyl (C=O) groups is 1. The van der Waals surface area contributed by atoms with E-state index in [0.29, 0.717) is 10.6 Å². The van der Waals surface area contributed by atoms with Gasteiger partial charge in [0.2, 0.25) is 5.91 Å². The molecule has 1 amide bonds. The van der Waals surface area contributed by atoms with E-state index < -0.39 is 11.5 Å². The minimum absolute atomic E-state index is 0. The minimum atomic E-state index is -0.604. The van der Waals surface area contributed by atoms with Gasteiger partial charge in [-0.05, 0) is 19.1 Å². The van der Waals surface area contributed by atoms with E-state index in [1.165, 1.54) is 6.07 Å². The summed E-state index contributed by atoms with van der Waals surface area (Å²) in [6, 6.07) is 3.96. The highest BCUT2D eigenvalue weighted by Gasteiger charge is 2.27. The third-order valence-corrected chi connectivity index (χ3v) is 3.07. The van der Waals surface area contributed by atoms with Gasteiger partial charge in [0, 0.05) is 22.5 Å². The molecule has 1 aromatic carbocycles. The van der Waals surface area contributed by atoms with Gasteiger partial charge in [-0.25, -0.2) is 4.39 Å². The van der Waals surface area contributed by atoms with E-state index in [9.17, 15) is 9.18 Å². The molecule has 6 heteroatoms. The molecule has 0 spiro atoms. The molecule has 0 saturated heterocycles. The predicted molar refractivity (Wildman–Crippen MR) is 78.3 cm³/mol. The number of hydrogen-bond acceptors (Lipinski definition) is 2. The third kappa shape index (κ3) is 4.64. The second-order valence-corrected chi connectivity index (χ2v) is 5.39. The van der Waals surface area contributed by atoms with Crippen molar-refractivity contribution in [2.45, 2.75) is 32.2 Å². The van der Waals surface area contributed by atoms with Gasteiger partial charge in [-0.1, -0.05) is 31.5 Å². The Morgan fingerprint density at radius 2 is 2.11 bits per heavy atom. The number of nitrogens with one attached hydrogen (secondary N) is 1. The molecule has 0 radical (unpaired) electrons. The summed E-state index contributed by atoms with van der Waals surface area (Å²) in [5.41, 5.74) is 5.25. The maximum absolute atomic E-state index is 13.8. The van der Waals surface area contributed by atoms with Gasteiger partial charge in [-0.15, -0.1) is 12.4 Å². The van der Waals surface area contributed by atoms with E-state index >= 15 is 0 Å². The molecule has 108 valence electrons. The maximum atomic E-state index is 13.8. The van der Waals surface area contributed by atoms with Crippen LogP contribution in [0.2, 0.25) is 5.02 Å². The fraction of sp³-hybridized carbons (Fsp3) is 0.462. The van der Waals surface area contributed by atoms with Gasteiger partial charge >= 0.3 is 0 Å². The second kappa shape index (κ2) is 7.08. The van der Waals surface area contributed by atoms with Crippen LogP contribution in [0.3, 0.4) is 0 Å². The van der Waals surface area contributed by atoms with Crippen molar-refractivity contribution in [2.24, 2.45) is 5.73 Å². The number of benzene rings is 1. The van der Waals surface area contributed by atoms with Crippen molar-refractivity contribution < 1.29 is 9.18 Å². The summed E-state index contributed by atoms with van der Waals surface area (Å²) >= 11 is 6.01. The predicted octanol–water partition coefficient (Wildman–Crippen LogP) is 2.64. The Morgan fingerprint density at radius 3 is 2.58 bits per heavy atom. The fourth-order valence-electron chi connectivity index (χ4n) is 1.70. The van der Waals surface area contributed by atoms with Crippen LogP contribution in [0.15, 0.2) is 18.2 Å². The van der Waals surface area contributed by atoms with Crippen LogP contribution in [0.1, 0.15) is 26.3 Å². The number of hydrogen-bond donors (Lipinski definition) is 2. The molecular formula is C13H19Cl2FN2O. The first kappa shape index (κ1) is 18.2. The van der Waals surface area contributed by atoms with Crippen molar-refractivity contribution in [3.8, 4) is 0 Å². The van der Waals surface area contributed by atoms with Crippen molar-refractivity contribution in [3.05, 3.63) is 34.6 Å². The first-order chi connectivity index (χ1) is 8.25. The van der Waals surface area contributed by atoms with E-state index in [1.807, 2.05) is 13.8 Å². The number of rotatable bonds is 4. The average molecular weight is 309 g/mol. The summed E-state index contributed by atoms with van der Waals surface area (Å²) < 4.78 is 13.8. The maximum Gasteiger partial charge on any atom is 0.236 e. The Bertz CT molecular complexity index is 430. The Hall–Kier alpha value is -0.840. The molecule has 0 aliphatic carbocycles. The highest BCUT2D eigenvalue weighted by atomic mass is 35.5. The molecule has 0 aliphatic heterocycles. The summed E-state index contributed by atoms with van der Waals surface area (Å²) in [5.74, 6) is -0.641. The molecule has 1 atom stereocenters. The monoisotopic (exact) mass is 308 g/mol. The zero-order valence-electron chi connectivity index (χ0n) is 11.2. The Morgan fingerprint density at radius 1 is 1.53 bits per heavy atom. The van der Waals surface area contributed by atoms with E-state index in [1.54, 1.807) is 19.1 Å². The van der Waals surface area contributed by atoms with Crippen LogP contribution < -0.4 is 11.1 Å². The molecule has 0 aromatic heterocycles. The van der Waals surface area contributed by atoms with Crippen LogP contribution in [0.5, 0.6) is 0 Å². The van der Waals surface area contributed by atoms with E-state index in [2.05, 4.69) is 5.32 Å². The molecule has 0 heterocycles. The molecule has 0 saturated carbocycles. The molecule has 1 aromatic rings. The van der Waals surface area contributed by atoms with Crippen molar-refractivity contribution in [2.75, 3.05) is 6.54 Å². The van der Waals surface area contributed by atoms with E-state index in [0.717, 1.165) is 0 Å². The quantitative estimate of drug-likeness (QED) is 0.898. The first-order valence-electron chi connectivity index (χ1n) is 5.73. The molecule has 0 unspecified atom stereocenters. The van der Waals surface area contributed by atoms with Crippen molar-refractivity contribution in [1.29, 1.82) is 0 Å². The number of amides is 1. The van der Waals surface area contributed by atoms with Gasteiger partial charge in [0.05, 0.1) is 6.04 Å². The minimum Gasteiger partial charge on any atom is -0.354 e. The fourth-order valence-corrected chi connectivity index (χ4v) is 2.12. The SMILES string of the molecule is C[C@@H](N)C(=O)NCC(C)(C)c1c(F)cccc1Cl.Cl. The molecule has 3 nitrogen and oxygen atoms in total. The molecule has 19 heavy (non-hydrogen) atoms. The van der Waals surface area contributed by atoms with Crippen LogP contribution in [-0.2, 0) is 10.2 Å². The molecule has 3 N–H and O–H groups in total. The smallest absolute Gasteiger partial charge is 0.236 e. The topological polar surface area (TPSA) is 55.1 Å². The second-order valence-electron chi connectivity index (χ2n) is 4.99. The van der Waals surface area contributed by atoms with Crippen LogP contribution in [0.25, 0.3) is 0 Å². The van der Waals surface area contributed by atoms with Crippen LogP contribution >= 0.6 is 24.0 Å². The van der Waals surface area contributed by atoms with E-state index in [-0.39, 0.29) is 30.7 Å². The first-order valence-corrected chi connectivity index (χ1v) is 6.11. The summed E-state index contributed by atoms with van der Waals surface area (Å²) in [4.78, 5) is 11.4. The lowest BCUT2D eigenvalue weighted by atomic mass is 9.84. The van der Waals surface area contributed by atoms with Crippen LogP contribution in [-0.4, -0.2) is 18.5 Å². The van der Waals surface area contributed by atoms with Crippen molar-refractivity contribution >= 4 is 29.9 Å². The molecular weight excluding hydrogens is 290 g/mol. The number of carbonyl (C=O) groups excluding carboxylic acids is 1. The Labute approximate surface area is 124 Å². The molecule has 0 bridgehead atoms. The summed E-state index contributed by atoms with van der Waals surface area (Å²) in [5, 5.41) is 3.04. The van der Waals surface area contributed by atoms with Gasteiger partial charge in [-0.2, -0.15) is 0 Å². The average Bonchev–Trinajstić information content (AvgIpc) is 2.25. The molecule has 0 fully saturated rings. The van der Waals surface area contributed by atoms with Crippen LogP contribution in [0, 0.1) is 5.82 Å². The molecule has 0 aliphatic rings. The number of halogens is 3. The van der Waals surface area contributed by atoms with Crippen molar-refractivity contribution in [1.82, 2.24) is 5.32 Å². The standard InChI is InChI=1S/C13H18ClFN2O.ClH/c1-8(16)12(18)17-7-13(2,3)11-9(14)5-4-6-10(11)15;/h4-6,8H,7,16H2,1-3H3,(H,17,18);1H/t8-;/m1./s1. The van der Waals surface area contributed by atoms with Gasteiger partial charge < -0.3 is 11.1 Å². The lowest BCUT2D eigenvalue weighted by molar-refractivity contribution is -0.122. The lowest BCUT2D eigenvalue weighted by Gasteiger charge is -2.27. The molecule has 1 rings (SSSR count). The van der Waals surface area contributed by atoms with Gasteiger partial charge in [-0.3, -0.25) is 4.79 Å².